The number of benzene rings is 1. The molecule has 1 fully saturated rings. The van der Waals surface area contributed by atoms with Crippen molar-refractivity contribution in [3.63, 3.8) is 0 Å². The fourth-order valence-corrected chi connectivity index (χ4v) is 3.51. The number of carbonyl (C=O) groups is 2. The van der Waals surface area contributed by atoms with Crippen molar-refractivity contribution >= 4 is 12.0 Å². The lowest BCUT2D eigenvalue weighted by atomic mass is 10.0. The van der Waals surface area contributed by atoms with E-state index in [1.54, 1.807) is 24.3 Å². The summed E-state index contributed by atoms with van der Waals surface area (Å²) in [4.78, 5) is 25.2. The Bertz CT molecular complexity index is 650. The van der Waals surface area contributed by atoms with Gasteiger partial charge in [0, 0.05) is 25.9 Å². The van der Waals surface area contributed by atoms with Gasteiger partial charge in [-0.15, -0.1) is 0 Å². The lowest BCUT2D eigenvalue weighted by molar-refractivity contribution is -0.138. The minimum Gasteiger partial charge on any atom is -0.481 e. The minimum absolute atomic E-state index is 0.00948. The van der Waals surface area contributed by atoms with E-state index in [2.05, 4.69) is 5.32 Å². The molecule has 0 radical (unpaired) electrons. The molecule has 1 aliphatic carbocycles. The largest absolute Gasteiger partial charge is 0.481 e. The molecule has 0 bridgehead atoms. The van der Waals surface area contributed by atoms with Crippen molar-refractivity contribution < 1.29 is 23.5 Å². The number of fused-ring (bicyclic) bond motifs is 1. The van der Waals surface area contributed by atoms with Crippen LogP contribution in [0.2, 0.25) is 0 Å². The van der Waals surface area contributed by atoms with Crippen molar-refractivity contribution in [1.29, 1.82) is 0 Å². The fourth-order valence-electron chi connectivity index (χ4n) is 3.51. The highest BCUT2D eigenvalue weighted by Crippen LogP contribution is 2.40. The van der Waals surface area contributed by atoms with Gasteiger partial charge in [-0.1, -0.05) is 24.3 Å². The summed E-state index contributed by atoms with van der Waals surface area (Å²) in [5.41, 5.74) is 1.50. The number of carboxylic acids is 1. The number of aliphatic carboxylic acids is 1. The molecule has 2 amide bonds. The van der Waals surface area contributed by atoms with Crippen LogP contribution in [0.25, 0.3) is 0 Å². The number of nitrogens with zero attached hydrogens (tertiary/aromatic N) is 1. The first-order valence-electron chi connectivity index (χ1n) is 8.12. The number of alkyl halides is 2. The normalized spacial score (nSPS) is 25.7. The lowest BCUT2D eigenvalue weighted by Crippen LogP contribution is -2.42. The van der Waals surface area contributed by atoms with Gasteiger partial charge >= 0.3 is 12.0 Å². The molecular formula is C17H20F2N2O3. The van der Waals surface area contributed by atoms with Crippen molar-refractivity contribution in [3.8, 4) is 0 Å². The summed E-state index contributed by atoms with van der Waals surface area (Å²) in [5.74, 6) is -4.29. The van der Waals surface area contributed by atoms with Crippen molar-refractivity contribution in [2.45, 2.75) is 43.6 Å². The summed E-state index contributed by atoms with van der Waals surface area (Å²) in [7, 11) is 0. The standard InChI is InChI=1S/C17H20F2N2O3/c18-17(19)6-3-8-21(9-7-17)16(24)20-14-10-13(15(22)23)11-4-1-2-5-12(11)14/h1-2,4-5,13-14H,3,6-10H2,(H,20,24)(H,22,23). The summed E-state index contributed by atoms with van der Waals surface area (Å²) in [5, 5.41) is 12.2. The first-order valence-corrected chi connectivity index (χ1v) is 8.12. The molecule has 1 aromatic carbocycles. The summed E-state index contributed by atoms with van der Waals surface area (Å²) < 4.78 is 26.8. The van der Waals surface area contributed by atoms with Crippen LogP contribution in [0.4, 0.5) is 13.6 Å². The van der Waals surface area contributed by atoms with Gasteiger partial charge in [-0.25, -0.2) is 13.6 Å². The molecule has 1 heterocycles. The predicted molar refractivity (Wildman–Crippen MR) is 83.1 cm³/mol. The summed E-state index contributed by atoms with van der Waals surface area (Å²) in [6.45, 7) is 0.299. The Morgan fingerprint density at radius 3 is 2.58 bits per heavy atom. The van der Waals surface area contributed by atoms with Crippen molar-refractivity contribution in [2.24, 2.45) is 0 Å². The van der Waals surface area contributed by atoms with E-state index < -0.39 is 29.9 Å². The zero-order valence-electron chi connectivity index (χ0n) is 13.2. The molecule has 0 spiro atoms. The van der Waals surface area contributed by atoms with Crippen LogP contribution >= 0.6 is 0 Å². The number of likely N-dealkylation sites (tertiary alicyclic amines) is 1. The Balaban J connectivity index is 1.70. The molecule has 3 rings (SSSR count). The zero-order valence-corrected chi connectivity index (χ0v) is 13.2. The molecule has 130 valence electrons. The second-order valence-corrected chi connectivity index (χ2v) is 6.45. The van der Waals surface area contributed by atoms with E-state index in [0.29, 0.717) is 5.56 Å². The highest BCUT2D eigenvalue weighted by Gasteiger charge is 2.37. The van der Waals surface area contributed by atoms with Gasteiger partial charge < -0.3 is 15.3 Å². The molecule has 24 heavy (non-hydrogen) atoms. The van der Waals surface area contributed by atoms with Crippen LogP contribution < -0.4 is 5.32 Å². The highest BCUT2D eigenvalue weighted by molar-refractivity contribution is 5.80. The summed E-state index contributed by atoms with van der Waals surface area (Å²) in [6.07, 6.45) is 0.00734. The van der Waals surface area contributed by atoms with E-state index in [9.17, 15) is 23.5 Å². The van der Waals surface area contributed by atoms with E-state index in [1.165, 1.54) is 4.90 Å². The van der Waals surface area contributed by atoms with Gasteiger partial charge in [0.25, 0.3) is 0 Å². The third-order valence-corrected chi connectivity index (χ3v) is 4.82. The number of carboxylic acid groups (broad SMARTS) is 1. The molecular weight excluding hydrogens is 318 g/mol. The average molecular weight is 338 g/mol. The Morgan fingerprint density at radius 2 is 1.88 bits per heavy atom. The molecule has 5 nitrogen and oxygen atoms in total. The van der Waals surface area contributed by atoms with Crippen LogP contribution in [0, 0.1) is 0 Å². The van der Waals surface area contributed by atoms with Gasteiger partial charge in [0.2, 0.25) is 5.92 Å². The van der Waals surface area contributed by atoms with Crippen LogP contribution in [-0.2, 0) is 4.79 Å². The molecule has 2 unspecified atom stereocenters. The Labute approximate surface area is 138 Å². The molecule has 2 N–H and O–H groups in total. The van der Waals surface area contributed by atoms with Gasteiger partial charge in [0.1, 0.15) is 0 Å². The SMILES string of the molecule is O=C(O)C1CC(NC(=O)N2CCCC(F)(F)CC2)c2ccccc21. The topological polar surface area (TPSA) is 69.6 Å². The Hall–Kier alpha value is -2.18. The third kappa shape index (κ3) is 3.34. The molecule has 2 aliphatic rings. The van der Waals surface area contributed by atoms with Crippen molar-refractivity contribution in [2.75, 3.05) is 13.1 Å². The fraction of sp³-hybridized carbons (Fsp3) is 0.529. The molecule has 0 aromatic heterocycles. The van der Waals surface area contributed by atoms with Gasteiger partial charge in [-0.05, 0) is 24.0 Å². The van der Waals surface area contributed by atoms with E-state index in [0.717, 1.165) is 5.56 Å². The van der Waals surface area contributed by atoms with Crippen LogP contribution in [0.5, 0.6) is 0 Å². The third-order valence-electron chi connectivity index (χ3n) is 4.82. The number of carbonyl (C=O) groups excluding carboxylic acids is 1. The number of halogens is 2. The van der Waals surface area contributed by atoms with Crippen LogP contribution in [-0.4, -0.2) is 41.0 Å². The summed E-state index contributed by atoms with van der Waals surface area (Å²) >= 11 is 0. The molecule has 2 atom stereocenters. The van der Waals surface area contributed by atoms with Crippen molar-refractivity contribution in [1.82, 2.24) is 10.2 Å². The Morgan fingerprint density at radius 1 is 1.17 bits per heavy atom. The highest BCUT2D eigenvalue weighted by atomic mass is 19.3. The number of hydrogen-bond donors (Lipinski definition) is 2. The van der Waals surface area contributed by atoms with Crippen molar-refractivity contribution in [3.05, 3.63) is 35.4 Å². The number of urea groups is 1. The minimum atomic E-state index is -2.72. The van der Waals surface area contributed by atoms with Crippen LogP contribution in [0.15, 0.2) is 24.3 Å². The number of hydrogen-bond acceptors (Lipinski definition) is 2. The van der Waals surface area contributed by atoms with E-state index in [-0.39, 0.29) is 38.8 Å². The number of amides is 2. The second kappa shape index (κ2) is 6.37. The predicted octanol–water partition coefficient (Wildman–Crippen LogP) is 3.13. The Kier molecular flexibility index (Phi) is 4.43. The monoisotopic (exact) mass is 338 g/mol. The van der Waals surface area contributed by atoms with Crippen LogP contribution in [0.3, 0.4) is 0 Å². The molecule has 0 saturated carbocycles. The van der Waals surface area contributed by atoms with E-state index >= 15 is 0 Å². The van der Waals surface area contributed by atoms with E-state index in [4.69, 9.17) is 0 Å². The van der Waals surface area contributed by atoms with Gasteiger partial charge in [0.15, 0.2) is 0 Å². The molecule has 7 heteroatoms. The average Bonchev–Trinajstić information content (AvgIpc) is 2.78. The zero-order chi connectivity index (χ0) is 17.3. The second-order valence-electron chi connectivity index (χ2n) is 6.45. The van der Waals surface area contributed by atoms with Gasteiger partial charge in [0.05, 0.1) is 12.0 Å². The number of rotatable bonds is 2. The van der Waals surface area contributed by atoms with E-state index in [1.807, 2.05) is 0 Å². The quantitative estimate of drug-likeness (QED) is 0.870. The number of nitrogens with one attached hydrogen (secondary N) is 1. The van der Waals surface area contributed by atoms with Gasteiger partial charge in [-0.3, -0.25) is 4.79 Å². The van der Waals surface area contributed by atoms with Gasteiger partial charge in [-0.2, -0.15) is 0 Å². The first-order chi connectivity index (χ1) is 11.4. The maximum Gasteiger partial charge on any atom is 0.317 e. The maximum absolute atomic E-state index is 13.4. The summed E-state index contributed by atoms with van der Waals surface area (Å²) in [6, 6.07) is 6.33. The smallest absolute Gasteiger partial charge is 0.317 e. The molecule has 1 aliphatic heterocycles. The molecule has 1 aromatic rings. The lowest BCUT2D eigenvalue weighted by Gasteiger charge is -2.24. The van der Waals surface area contributed by atoms with Crippen LogP contribution in [0.1, 0.15) is 48.8 Å². The molecule has 1 saturated heterocycles. The first kappa shape index (κ1) is 16.7. The maximum atomic E-state index is 13.4.